The molecule has 4 heteroatoms. The molecule has 0 aromatic heterocycles. The average molecular weight is 338 g/mol. The average Bonchev–Trinajstić information content (AvgIpc) is 2.88. The summed E-state index contributed by atoms with van der Waals surface area (Å²) < 4.78 is 5.21. The third-order valence-electron chi connectivity index (χ3n) is 4.82. The van der Waals surface area contributed by atoms with Gasteiger partial charge in [-0.05, 0) is 42.7 Å². The number of hydrogen-bond donors (Lipinski definition) is 0. The van der Waals surface area contributed by atoms with E-state index in [1.807, 2.05) is 48.2 Å². The van der Waals surface area contributed by atoms with E-state index in [9.17, 15) is 4.79 Å². The lowest BCUT2D eigenvalue weighted by Crippen LogP contribution is -2.35. The zero-order valence-electron chi connectivity index (χ0n) is 15.1. The Morgan fingerprint density at radius 2 is 1.76 bits per heavy atom. The van der Waals surface area contributed by atoms with Crippen molar-refractivity contribution >= 4 is 5.91 Å². The quantitative estimate of drug-likeness (QED) is 0.857. The van der Waals surface area contributed by atoms with Crippen molar-refractivity contribution < 1.29 is 9.53 Å². The second-order valence-corrected chi connectivity index (χ2v) is 6.58. The van der Waals surface area contributed by atoms with Crippen LogP contribution in [0.3, 0.4) is 0 Å². The highest BCUT2D eigenvalue weighted by Crippen LogP contribution is 2.16. The van der Waals surface area contributed by atoms with E-state index in [2.05, 4.69) is 17.0 Å². The minimum Gasteiger partial charge on any atom is -0.497 e. The molecule has 0 N–H and O–H groups in total. The maximum Gasteiger partial charge on any atom is 0.254 e. The van der Waals surface area contributed by atoms with Crippen LogP contribution < -0.4 is 4.74 Å². The monoisotopic (exact) mass is 338 g/mol. The van der Waals surface area contributed by atoms with Gasteiger partial charge in [-0.1, -0.05) is 30.3 Å². The fraction of sp³-hybridized carbons (Fsp3) is 0.381. The third kappa shape index (κ3) is 4.40. The van der Waals surface area contributed by atoms with Crippen molar-refractivity contribution in [1.82, 2.24) is 9.80 Å². The molecule has 25 heavy (non-hydrogen) atoms. The molecule has 3 rings (SSSR count). The van der Waals surface area contributed by atoms with Gasteiger partial charge in [0, 0.05) is 38.3 Å². The standard InChI is InChI=1S/C21H26N2O2/c1-17-6-3-4-7-20(17)21(24)23-13-5-12-22(14-15-23)16-18-8-10-19(25-2)11-9-18/h3-4,6-11H,5,12-16H2,1-2H3. The number of carbonyl (C=O) groups is 1. The molecule has 0 saturated carbocycles. The maximum atomic E-state index is 12.8. The van der Waals surface area contributed by atoms with Gasteiger partial charge in [0.1, 0.15) is 5.75 Å². The van der Waals surface area contributed by atoms with Crippen molar-refractivity contribution in [2.45, 2.75) is 19.9 Å². The number of ether oxygens (including phenoxy) is 1. The largest absolute Gasteiger partial charge is 0.497 e. The molecule has 0 atom stereocenters. The van der Waals surface area contributed by atoms with Crippen LogP contribution in [0.25, 0.3) is 0 Å². The van der Waals surface area contributed by atoms with Crippen LogP contribution in [0.4, 0.5) is 0 Å². The van der Waals surface area contributed by atoms with E-state index >= 15 is 0 Å². The molecule has 1 aliphatic heterocycles. The van der Waals surface area contributed by atoms with Crippen LogP contribution in [0, 0.1) is 6.92 Å². The molecule has 132 valence electrons. The number of rotatable bonds is 4. The third-order valence-corrected chi connectivity index (χ3v) is 4.82. The molecule has 1 aliphatic rings. The van der Waals surface area contributed by atoms with Gasteiger partial charge in [-0.2, -0.15) is 0 Å². The van der Waals surface area contributed by atoms with Gasteiger partial charge >= 0.3 is 0 Å². The molecule has 1 fully saturated rings. The second-order valence-electron chi connectivity index (χ2n) is 6.58. The van der Waals surface area contributed by atoms with Crippen LogP contribution in [-0.4, -0.2) is 49.0 Å². The molecule has 0 aliphatic carbocycles. The van der Waals surface area contributed by atoms with Crippen molar-refractivity contribution in [2.24, 2.45) is 0 Å². The first-order valence-corrected chi connectivity index (χ1v) is 8.87. The van der Waals surface area contributed by atoms with Gasteiger partial charge in [0.05, 0.1) is 7.11 Å². The lowest BCUT2D eigenvalue weighted by atomic mass is 10.1. The zero-order valence-corrected chi connectivity index (χ0v) is 15.1. The van der Waals surface area contributed by atoms with Gasteiger partial charge in [-0.15, -0.1) is 0 Å². The fourth-order valence-electron chi connectivity index (χ4n) is 3.30. The van der Waals surface area contributed by atoms with Crippen molar-refractivity contribution in [3.8, 4) is 5.75 Å². The van der Waals surface area contributed by atoms with E-state index in [0.29, 0.717) is 0 Å². The summed E-state index contributed by atoms with van der Waals surface area (Å²) in [5, 5.41) is 0. The van der Waals surface area contributed by atoms with Crippen LogP contribution in [0.5, 0.6) is 5.75 Å². The molecule has 1 saturated heterocycles. The van der Waals surface area contributed by atoms with Gasteiger partial charge in [0.2, 0.25) is 0 Å². The minimum absolute atomic E-state index is 0.157. The number of aryl methyl sites for hydroxylation is 1. The van der Waals surface area contributed by atoms with Gasteiger partial charge in [0.25, 0.3) is 5.91 Å². The Hall–Kier alpha value is -2.33. The summed E-state index contributed by atoms with van der Waals surface area (Å²) in [7, 11) is 1.68. The zero-order chi connectivity index (χ0) is 17.6. The van der Waals surface area contributed by atoms with E-state index in [0.717, 1.165) is 56.0 Å². The van der Waals surface area contributed by atoms with E-state index < -0.39 is 0 Å². The van der Waals surface area contributed by atoms with Gasteiger partial charge < -0.3 is 9.64 Å². The van der Waals surface area contributed by atoms with Crippen molar-refractivity contribution in [2.75, 3.05) is 33.3 Å². The lowest BCUT2D eigenvalue weighted by molar-refractivity contribution is 0.0760. The van der Waals surface area contributed by atoms with Gasteiger partial charge in [-0.25, -0.2) is 0 Å². The smallest absolute Gasteiger partial charge is 0.254 e. The normalized spacial score (nSPS) is 15.7. The molecule has 0 bridgehead atoms. The second kappa shape index (κ2) is 8.17. The summed E-state index contributed by atoms with van der Waals surface area (Å²) in [5.74, 6) is 1.04. The number of nitrogens with zero attached hydrogens (tertiary/aromatic N) is 2. The van der Waals surface area contributed by atoms with Crippen LogP contribution in [0.15, 0.2) is 48.5 Å². The summed E-state index contributed by atoms with van der Waals surface area (Å²) in [6.07, 6.45) is 1.01. The fourth-order valence-corrected chi connectivity index (χ4v) is 3.30. The van der Waals surface area contributed by atoms with Crippen molar-refractivity contribution in [3.05, 3.63) is 65.2 Å². The van der Waals surface area contributed by atoms with E-state index in [1.54, 1.807) is 7.11 Å². The molecule has 4 nitrogen and oxygen atoms in total. The predicted octanol–water partition coefficient (Wildman–Crippen LogP) is 3.35. The Labute approximate surface area is 150 Å². The van der Waals surface area contributed by atoms with Crippen molar-refractivity contribution in [3.63, 3.8) is 0 Å². The molecule has 2 aromatic rings. The summed E-state index contributed by atoms with van der Waals surface area (Å²) in [6.45, 7) is 6.44. The summed E-state index contributed by atoms with van der Waals surface area (Å²) in [4.78, 5) is 17.2. The SMILES string of the molecule is COc1ccc(CN2CCCN(C(=O)c3ccccc3C)CC2)cc1. The molecule has 1 amide bonds. The molecule has 0 spiro atoms. The Kier molecular flexibility index (Phi) is 5.71. The van der Waals surface area contributed by atoms with Crippen LogP contribution in [0.1, 0.15) is 27.9 Å². The number of hydrogen-bond acceptors (Lipinski definition) is 3. The first-order chi connectivity index (χ1) is 12.2. The highest BCUT2D eigenvalue weighted by Gasteiger charge is 2.21. The summed E-state index contributed by atoms with van der Waals surface area (Å²) in [6, 6.07) is 16.1. The molecular formula is C21H26N2O2. The van der Waals surface area contributed by atoms with Crippen LogP contribution >= 0.6 is 0 Å². The van der Waals surface area contributed by atoms with Crippen molar-refractivity contribution in [1.29, 1.82) is 0 Å². The van der Waals surface area contributed by atoms with Gasteiger partial charge in [-0.3, -0.25) is 9.69 Å². The number of amides is 1. The first-order valence-electron chi connectivity index (χ1n) is 8.87. The van der Waals surface area contributed by atoms with E-state index in [1.165, 1.54) is 5.56 Å². The number of methoxy groups -OCH3 is 1. The Morgan fingerprint density at radius 3 is 2.48 bits per heavy atom. The highest BCUT2D eigenvalue weighted by atomic mass is 16.5. The molecule has 0 unspecified atom stereocenters. The molecular weight excluding hydrogens is 312 g/mol. The van der Waals surface area contributed by atoms with E-state index in [4.69, 9.17) is 4.74 Å². The highest BCUT2D eigenvalue weighted by molar-refractivity contribution is 5.95. The van der Waals surface area contributed by atoms with Crippen LogP contribution in [-0.2, 0) is 6.54 Å². The topological polar surface area (TPSA) is 32.8 Å². The molecule has 2 aromatic carbocycles. The van der Waals surface area contributed by atoms with Gasteiger partial charge in [0.15, 0.2) is 0 Å². The van der Waals surface area contributed by atoms with Crippen LogP contribution in [0.2, 0.25) is 0 Å². The minimum atomic E-state index is 0.157. The predicted molar refractivity (Wildman–Crippen MR) is 100.0 cm³/mol. The Balaban J connectivity index is 1.60. The number of carbonyl (C=O) groups excluding carboxylic acids is 1. The Morgan fingerprint density at radius 1 is 1.00 bits per heavy atom. The van der Waals surface area contributed by atoms with E-state index in [-0.39, 0.29) is 5.91 Å². The molecule has 1 heterocycles. The maximum absolute atomic E-state index is 12.8. The number of benzene rings is 2. The summed E-state index contributed by atoms with van der Waals surface area (Å²) >= 11 is 0. The first kappa shape index (κ1) is 17.5. The molecule has 0 radical (unpaired) electrons. The lowest BCUT2D eigenvalue weighted by Gasteiger charge is -2.22. The Bertz CT molecular complexity index is 712. The summed E-state index contributed by atoms with van der Waals surface area (Å²) in [5.41, 5.74) is 3.15.